The predicted molar refractivity (Wildman–Crippen MR) is 69.3 cm³/mol. The van der Waals surface area contributed by atoms with E-state index in [4.69, 9.17) is 14.6 Å². The molecule has 1 aromatic carbocycles. The second kappa shape index (κ2) is 6.78. The van der Waals surface area contributed by atoms with Crippen molar-refractivity contribution < 1.29 is 27.1 Å². The number of hydrogen-bond donors (Lipinski definition) is 1. The summed E-state index contributed by atoms with van der Waals surface area (Å²) in [5.41, 5.74) is -0.335. The van der Waals surface area contributed by atoms with Crippen LogP contribution < -0.4 is 5.14 Å². The number of halogens is 1. The minimum atomic E-state index is -4.11. The molecule has 1 aromatic rings. The van der Waals surface area contributed by atoms with Crippen LogP contribution in [0, 0.1) is 12.7 Å². The van der Waals surface area contributed by atoms with Crippen molar-refractivity contribution in [3.8, 4) is 0 Å². The second-order valence-corrected chi connectivity index (χ2v) is 5.64. The molecule has 0 aromatic heterocycles. The van der Waals surface area contributed by atoms with Gasteiger partial charge in [0.25, 0.3) is 0 Å². The molecule has 0 amide bonds. The lowest BCUT2D eigenvalue weighted by molar-refractivity contribution is 0.0467. The maximum absolute atomic E-state index is 13.6. The van der Waals surface area contributed by atoms with Crippen molar-refractivity contribution in [1.29, 1.82) is 0 Å². The summed E-state index contributed by atoms with van der Waals surface area (Å²) in [6.07, 6.45) is 0.485. The Labute approximate surface area is 116 Å². The van der Waals surface area contributed by atoms with E-state index in [1.165, 1.54) is 14.0 Å². The number of carbonyl (C=O) groups is 1. The average molecular weight is 305 g/mol. The van der Waals surface area contributed by atoms with Crippen LogP contribution in [-0.4, -0.2) is 34.7 Å². The van der Waals surface area contributed by atoms with Gasteiger partial charge in [0.15, 0.2) is 0 Å². The summed E-state index contributed by atoms with van der Waals surface area (Å²) in [5.74, 6) is -1.65. The Morgan fingerprint density at radius 3 is 2.55 bits per heavy atom. The first-order valence-corrected chi connectivity index (χ1v) is 7.31. The Balaban J connectivity index is 2.97. The summed E-state index contributed by atoms with van der Waals surface area (Å²) in [6, 6.07) is 1.93. The zero-order chi connectivity index (χ0) is 15.3. The van der Waals surface area contributed by atoms with Crippen LogP contribution in [0.1, 0.15) is 22.3 Å². The highest BCUT2D eigenvalue weighted by molar-refractivity contribution is 7.89. The fourth-order valence-electron chi connectivity index (χ4n) is 1.52. The molecule has 0 aliphatic rings. The van der Waals surface area contributed by atoms with Crippen molar-refractivity contribution in [2.75, 3.05) is 20.3 Å². The van der Waals surface area contributed by atoms with Crippen LogP contribution in [0.2, 0.25) is 0 Å². The lowest BCUT2D eigenvalue weighted by Crippen LogP contribution is -2.16. The number of benzene rings is 1. The third-order valence-corrected chi connectivity index (χ3v) is 3.60. The fourth-order valence-corrected chi connectivity index (χ4v) is 2.33. The van der Waals surface area contributed by atoms with Crippen LogP contribution in [-0.2, 0) is 19.5 Å². The van der Waals surface area contributed by atoms with E-state index < -0.39 is 26.7 Å². The van der Waals surface area contributed by atoms with E-state index in [0.29, 0.717) is 13.0 Å². The number of sulfonamides is 1. The van der Waals surface area contributed by atoms with E-state index in [9.17, 15) is 17.6 Å². The summed E-state index contributed by atoms with van der Waals surface area (Å²) in [6.45, 7) is 1.77. The van der Waals surface area contributed by atoms with Gasteiger partial charge in [0.2, 0.25) is 10.0 Å². The minimum absolute atomic E-state index is 0.0902. The molecule has 1 rings (SSSR count). The lowest BCUT2D eigenvalue weighted by atomic mass is 10.1. The Hall–Kier alpha value is -1.51. The molecule has 0 saturated heterocycles. The third-order valence-electron chi connectivity index (χ3n) is 2.56. The molecule has 8 heteroatoms. The molecule has 0 bridgehead atoms. The number of rotatable bonds is 6. The van der Waals surface area contributed by atoms with Crippen molar-refractivity contribution in [3.63, 3.8) is 0 Å². The van der Waals surface area contributed by atoms with Gasteiger partial charge in [-0.3, -0.25) is 0 Å². The molecule has 0 saturated carbocycles. The highest BCUT2D eigenvalue weighted by atomic mass is 32.2. The highest BCUT2D eigenvalue weighted by Crippen LogP contribution is 2.20. The molecule has 112 valence electrons. The zero-order valence-corrected chi connectivity index (χ0v) is 12.0. The van der Waals surface area contributed by atoms with Gasteiger partial charge in [-0.1, -0.05) is 0 Å². The van der Waals surface area contributed by atoms with Crippen molar-refractivity contribution in [3.05, 3.63) is 29.1 Å². The summed E-state index contributed by atoms with van der Waals surface area (Å²) >= 11 is 0. The maximum Gasteiger partial charge on any atom is 0.338 e. The molecule has 2 N–H and O–H groups in total. The Morgan fingerprint density at radius 2 is 2.00 bits per heavy atom. The van der Waals surface area contributed by atoms with Crippen LogP contribution in [0.25, 0.3) is 0 Å². The van der Waals surface area contributed by atoms with Gasteiger partial charge in [0, 0.05) is 25.7 Å². The Kier molecular flexibility index (Phi) is 5.61. The Bertz CT molecular complexity index is 600. The van der Waals surface area contributed by atoms with E-state index in [0.717, 1.165) is 12.1 Å². The number of nitrogens with two attached hydrogens (primary N) is 1. The van der Waals surface area contributed by atoms with Gasteiger partial charge in [-0.05, 0) is 19.1 Å². The molecular weight excluding hydrogens is 289 g/mol. The molecule has 0 spiro atoms. The van der Waals surface area contributed by atoms with Gasteiger partial charge in [0.05, 0.1) is 17.1 Å². The lowest BCUT2D eigenvalue weighted by Gasteiger charge is -2.09. The molecule has 0 radical (unpaired) electrons. The van der Waals surface area contributed by atoms with Gasteiger partial charge >= 0.3 is 5.97 Å². The van der Waals surface area contributed by atoms with E-state index in [1.54, 1.807) is 0 Å². The van der Waals surface area contributed by atoms with Gasteiger partial charge < -0.3 is 9.47 Å². The number of esters is 1. The largest absolute Gasteiger partial charge is 0.462 e. The van der Waals surface area contributed by atoms with E-state index in [2.05, 4.69) is 0 Å². The minimum Gasteiger partial charge on any atom is -0.462 e. The third kappa shape index (κ3) is 4.26. The molecule has 0 aliphatic heterocycles. The highest BCUT2D eigenvalue weighted by Gasteiger charge is 2.19. The molecule has 0 heterocycles. The number of primary sulfonamides is 1. The first-order chi connectivity index (χ1) is 9.27. The molecule has 0 aliphatic carbocycles. The normalized spacial score (nSPS) is 11.4. The molecule has 6 nitrogen and oxygen atoms in total. The standard InChI is InChI=1S/C12H16FNO5S/c1-8-10(13)6-9(7-11(8)20(14,16)17)12(15)19-5-3-4-18-2/h6-7H,3-5H2,1-2H3,(H2,14,16,17). The number of hydrogen-bond acceptors (Lipinski definition) is 5. The Morgan fingerprint density at radius 1 is 1.35 bits per heavy atom. The first kappa shape index (κ1) is 16.5. The van der Waals surface area contributed by atoms with Gasteiger partial charge in [0.1, 0.15) is 5.82 Å². The molecule has 0 atom stereocenters. The second-order valence-electron chi connectivity index (χ2n) is 4.11. The maximum atomic E-state index is 13.6. The van der Waals surface area contributed by atoms with Crippen molar-refractivity contribution in [1.82, 2.24) is 0 Å². The van der Waals surface area contributed by atoms with E-state index in [-0.39, 0.29) is 17.7 Å². The van der Waals surface area contributed by atoms with Crippen LogP contribution in [0.4, 0.5) is 4.39 Å². The zero-order valence-electron chi connectivity index (χ0n) is 11.2. The van der Waals surface area contributed by atoms with Crippen LogP contribution in [0.5, 0.6) is 0 Å². The van der Waals surface area contributed by atoms with Gasteiger partial charge in [-0.2, -0.15) is 0 Å². The van der Waals surface area contributed by atoms with Gasteiger partial charge in [-0.15, -0.1) is 0 Å². The molecule has 0 unspecified atom stereocenters. The van der Waals surface area contributed by atoms with Gasteiger partial charge in [-0.25, -0.2) is 22.7 Å². The summed E-state index contributed by atoms with van der Waals surface area (Å²) in [7, 11) is -2.60. The quantitative estimate of drug-likeness (QED) is 0.624. The van der Waals surface area contributed by atoms with Crippen LogP contribution in [0.15, 0.2) is 17.0 Å². The van der Waals surface area contributed by atoms with Crippen LogP contribution in [0.3, 0.4) is 0 Å². The molecular formula is C12H16FNO5S. The number of methoxy groups -OCH3 is 1. The number of carbonyl (C=O) groups excluding carboxylic acids is 1. The first-order valence-electron chi connectivity index (χ1n) is 5.76. The fraction of sp³-hybridized carbons (Fsp3) is 0.417. The molecule has 20 heavy (non-hydrogen) atoms. The topological polar surface area (TPSA) is 95.7 Å². The summed E-state index contributed by atoms with van der Waals surface area (Å²) < 4.78 is 45.9. The van der Waals surface area contributed by atoms with Crippen molar-refractivity contribution >= 4 is 16.0 Å². The number of ether oxygens (including phenoxy) is 2. The SMILES string of the molecule is COCCCOC(=O)c1cc(F)c(C)c(S(N)(=O)=O)c1. The average Bonchev–Trinajstić information content (AvgIpc) is 2.36. The summed E-state index contributed by atoms with van der Waals surface area (Å²) in [4.78, 5) is 11.3. The monoisotopic (exact) mass is 305 g/mol. The van der Waals surface area contributed by atoms with E-state index in [1.807, 2.05) is 0 Å². The van der Waals surface area contributed by atoms with Crippen molar-refractivity contribution in [2.24, 2.45) is 5.14 Å². The smallest absolute Gasteiger partial charge is 0.338 e. The predicted octanol–water partition coefficient (Wildman–Crippen LogP) is 0.975. The van der Waals surface area contributed by atoms with E-state index >= 15 is 0 Å². The van der Waals surface area contributed by atoms with Crippen molar-refractivity contribution in [2.45, 2.75) is 18.2 Å². The van der Waals surface area contributed by atoms with Crippen LogP contribution >= 0.6 is 0 Å². The molecule has 0 fully saturated rings. The summed E-state index contributed by atoms with van der Waals surface area (Å²) in [5, 5.41) is 4.97.